The molecule has 3 nitrogen and oxygen atoms in total. The molecule has 0 bridgehead atoms. The molecule has 1 fully saturated rings. The quantitative estimate of drug-likeness (QED) is 0.779. The van der Waals surface area contributed by atoms with Crippen LogP contribution in [0.25, 0.3) is 0 Å². The number of rotatable bonds is 3. The lowest BCUT2D eigenvalue weighted by Crippen LogP contribution is -2.23. The summed E-state index contributed by atoms with van der Waals surface area (Å²) in [5.74, 6) is 0.471. The monoisotopic (exact) mass is 266 g/mol. The molecule has 18 heavy (non-hydrogen) atoms. The molecular weight excluding hydrogens is 244 g/mol. The molecule has 100 valence electrons. The summed E-state index contributed by atoms with van der Waals surface area (Å²) in [6, 6.07) is 0. The summed E-state index contributed by atoms with van der Waals surface area (Å²) in [4.78, 5) is 19.6. The van der Waals surface area contributed by atoms with Crippen molar-refractivity contribution in [2.24, 2.45) is 0 Å². The van der Waals surface area contributed by atoms with E-state index in [2.05, 4.69) is 18.7 Å². The third kappa shape index (κ3) is 2.91. The second-order valence-corrected chi connectivity index (χ2v) is 6.30. The van der Waals surface area contributed by atoms with Gasteiger partial charge in [-0.15, -0.1) is 0 Å². The second-order valence-electron chi connectivity index (χ2n) is 5.32. The van der Waals surface area contributed by atoms with Crippen molar-refractivity contribution in [1.29, 1.82) is 0 Å². The van der Waals surface area contributed by atoms with Gasteiger partial charge in [0, 0.05) is 20.0 Å². The highest BCUT2D eigenvalue weighted by atomic mass is 32.1. The summed E-state index contributed by atoms with van der Waals surface area (Å²) in [5.41, 5.74) is 0.978. The first-order valence-electron chi connectivity index (χ1n) is 6.86. The molecule has 0 radical (unpaired) electrons. The first-order chi connectivity index (χ1) is 8.59. The number of carbonyl (C=O) groups is 1. The van der Waals surface area contributed by atoms with Gasteiger partial charge in [0.05, 0.1) is 10.6 Å². The van der Waals surface area contributed by atoms with Gasteiger partial charge < -0.3 is 4.90 Å². The molecule has 0 saturated carbocycles. The molecule has 0 aliphatic carbocycles. The number of nitrogens with zero attached hydrogens (tertiary/aromatic N) is 2. The average Bonchev–Trinajstić information content (AvgIpc) is 2.59. The lowest BCUT2D eigenvalue weighted by Gasteiger charge is -2.18. The van der Waals surface area contributed by atoms with Crippen LogP contribution in [0.1, 0.15) is 67.7 Å². The lowest BCUT2D eigenvalue weighted by atomic mass is 10.1. The van der Waals surface area contributed by atoms with Crippen LogP contribution in [-0.2, 0) is 0 Å². The summed E-state index contributed by atoms with van der Waals surface area (Å²) >= 11 is 1.58. The molecule has 2 rings (SSSR count). The first-order valence-corrected chi connectivity index (χ1v) is 7.68. The number of hydrogen-bond donors (Lipinski definition) is 0. The van der Waals surface area contributed by atoms with E-state index in [1.54, 1.807) is 18.3 Å². The van der Waals surface area contributed by atoms with E-state index in [0.29, 0.717) is 5.92 Å². The average molecular weight is 266 g/mol. The minimum absolute atomic E-state index is 0.150. The fraction of sp³-hybridized carbons (Fsp3) is 0.714. The molecule has 0 aromatic carbocycles. The van der Waals surface area contributed by atoms with Gasteiger partial charge in [-0.05, 0) is 18.8 Å². The number of aromatic nitrogens is 1. The Kier molecular flexibility index (Phi) is 4.38. The highest BCUT2D eigenvalue weighted by Crippen LogP contribution is 2.32. The van der Waals surface area contributed by atoms with Crippen LogP contribution in [0.3, 0.4) is 0 Å². The zero-order valence-corrected chi connectivity index (χ0v) is 12.3. The maximum Gasteiger partial charge on any atom is 0.186 e. The topological polar surface area (TPSA) is 33.2 Å². The molecule has 1 aliphatic heterocycles. The Labute approximate surface area is 113 Å². The van der Waals surface area contributed by atoms with Gasteiger partial charge in [-0.3, -0.25) is 4.79 Å². The Bertz CT molecular complexity index is 417. The minimum Gasteiger partial charge on any atom is -0.348 e. The maximum atomic E-state index is 11.7. The van der Waals surface area contributed by atoms with Gasteiger partial charge >= 0.3 is 0 Å². The van der Waals surface area contributed by atoms with Crippen molar-refractivity contribution < 1.29 is 4.79 Å². The number of thiazole rings is 1. The Morgan fingerprint density at radius 2 is 1.83 bits per heavy atom. The first kappa shape index (κ1) is 13.5. The number of ketones is 1. The zero-order valence-electron chi connectivity index (χ0n) is 11.5. The molecule has 1 aliphatic rings. The van der Waals surface area contributed by atoms with E-state index < -0.39 is 0 Å². The van der Waals surface area contributed by atoms with Gasteiger partial charge in [0.1, 0.15) is 0 Å². The standard InChI is InChI=1S/C14H22N2OS/c1-10(2)12-13(11(3)17)18-14(15-12)16-8-6-4-5-7-9-16/h10H,4-9H2,1-3H3. The van der Waals surface area contributed by atoms with Crippen molar-refractivity contribution in [3.05, 3.63) is 10.6 Å². The van der Waals surface area contributed by atoms with Gasteiger partial charge in [-0.25, -0.2) is 4.98 Å². The van der Waals surface area contributed by atoms with Gasteiger partial charge in [0.15, 0.2) is 10.9 Å². The van der Waals surface area contributed by atoms with E-state index in [1.807, 2.05) is 0 Å². The maximum absolute atomic E-state index is 11.7. The van der Waals surface area contributed by atoms with Gasteiger partial charge in [-0.1, -0.05) is 38.0 Å². The normalized spacial score (nSPS) is 17.0. The second kappa shape index (κ2) is 5.83. The molecule has 0 amide bonds. The smallest absolute Gasteiger partial charge is 0.186 e. The summed E-state index contributed by atoms with van der Waals surface area (Å²) in [6.45, 7) is 8.03. The molecule has 1 aromatic rings. The van der Waals surface area contributed by atoms with Crippen LogP contribution in [-0.4, -0.2) is 23.9 Å². The Balaban J connectivity index is 2.27. The van der Waals surface area contributed by atoms with Crippen LogP contribution in [0, 0.1) is 0 Å². The van der Waals surface area contributed by atoms with Gasteiger partial charge in [-0.2, -0.15) is 0 Å². The number of anilines is 1. The summed E-state index contributed by atoms with van der Waals surface area (Å²) in [7, 11) is 0. The van der Waals surface area contributed by atoms with E-state index in [1.165, 1.54) is 25.7 Å². The van der Waals surface area contributed by atoms with Crippen LogP contribution in [0.15, 0.2) is 0 Å². The van der Waals surface area contributed by atoms with E-state index in [-0.39, 0.29) is 5.78 Å². The van der Waals surface area contributed by atoms with Crippen molar-refractivity contribution in [2.45, 2.75) is 52.4 Å². The van der Waals surface area contributed by atoms with Crippen LogP contribution in [0.4, 0.5) is 5.13 Å². The molecule has 4 heteroatoms. The Hall–Kier alpha value is -0.900. The molecule has 0 N–H and O–H groups in total. The SMILES string of the molecule is CC(=O)c1sc(N2CCCCCC2)nc1C(C)C. The van der Waals surface area contributed by atoms with E-state index in [9.17, 15) is 4.79 Å². The summed E-state index contributed by atoms with van der Waals surface area (Å²) in [6.07, 6.45) is 5.12. The third-order valence-corrected chi connectivity index (χ3v) is 4.62. The molecule has 0 spiro atoms. The molecule has 1 saturated heterocycles. The highest BCUT2D eigenvalue weighted by Gasteiger charge is 2.21. The fourth-order valence-electron chi connectivity index (χ4n) is 2.36. The van der Waals surface area contributed by atoms with Crippen LogP contribution in [0.5, 0.6) is 0 Å². The number of hydrogen-bond acceptors (Lipinski definition) is 4. The fourth-order valence-corrected chi connectivity index (χ4v) is 3.53. The Morgan fingerprint density at radius 1 is 1.22 bits per heavy atom. The molecule has 1 aromatic heterocycles. The minimum atomic E-state index is 0.150. The number of carbonyl (C=O) groups excluding carboxylic acids is 1. The van der Waals surface area contributed by atoms with Crippen molar-refractivity contribution in [3.63, 3.8) is 0 Å². The van der Waals surface area contributed by atoms with Crippen molar-refractivity contribution >= 4 is 22.3 Å². The van der Waals surface area contributed by atoms with Gasteiger partial charge in [0.2, 0.25) is 0 Å². The lowest BCUT2D eigenvalue weighted by molar-refractivity contribution is 0.102. The van der Waals surface area contributed by atoms with E-state index in [4.69, 9.17) is 4.98 Å². The van der Waals surface area contributed by atoms with Gasteiger partial charge in [0.25, 0.3) is 0 Å². The van der Waals surface area contributed by atoms with E-state index in [0.717, 1.165) is 28.8 Å². The predicted molar refractivity (Wildman–Crippen MR) is 76.9 cm³/mol. The van der Waals surface area contributed by atoms with E-state index >= 15 is 0 Å². The van der Waals surface area contributed by atoms with Crippen molar-refractivity contribution in [2.75, 3.05) is 18.0 Å². The Morgan fingerprint density at radius 3 is 2.28 bits per heavy atom. The molecule has 0 atom stereocenters. The highest BCUT2D eigenvalue weighted by molar-refractivity contribution is 7.17. The molecular formula is C14H22N2OS. The predicted octanol–water partition coefficient (Wildman–Crippen LogP) is 3.85. The van der Waals surface area contributed by atoms with Crippen LogP contribution in [0.2, 0.25) is 0 Å². The zero-order chi connectivity index (χ0) is 13.1. The molecule has 0 unspecified atom stereocenters. The number of Topliss-reactive ketones (excluding diaryl/α,β-unsaturated/α-hetero) is 1. The summed E-state index contributed by atoms with van der Waals surface area (Å²) in [5, 5.41) is 1.05. The largest absolute Gasteiger partial charge is 0.348 e. The molecule has 2 heterocycles. The van der Waals surface area contributed by atoms with Crippen molar-refractivity contribution in [3.8, 4) is 0 Å². The summed E-state index contributed by atoms with van der Waals surface area (Å²) < 4.78 is 0. The van der Waals surface area contributed by atoms with Crippen molar-refractivity contribution in [1.82, 2.24) is 4.98 Å². The van der Waals surface area contributed by atoms with Crippen LogP contribution < -0.4 is 4.90 Å². The third-order valence-electron chi connectivity index (χ3n) is 3.39. The van der Waals surface area contributed by atoms with Crippen LogP contribution >= 0.6 is 11.3 Å².